The number of amides is 2. The minimum atomic E-state index is -4.14. The van der Waals surface area contributed by atoms with Gasteiger partial charge < -0.3 is 15.1 Å². The Hall–Kier alpha value is -4.81. The fourth-order valence-electron chi connectivity index (χ4n) is 6.66. The second kappa shape index (κ2) is 18.9. The van der Waals surface area contributed by atoms with Gasteiger partial charge in [0.25, 0.3) is 15.9 Å². The molecule has 0 aromatic heterocycles. The number of rotatable bonds is 15. The van der Waals surface area contributed by atoms with Crippen molar-refractivity contribution >= 4 is 56.6 Å². The van der Waals surface area contributed by atoms with Crippen LogP contribution in [-0.4, -0.2) is 82.1 Å². The van der Waals surface area contributed by atoms with Gasteiger partial charge in [-0.15, -0.1) is 11.8 Å². The molecule has 0 unspecified atom stereocenters. The van der Waals surface area contributed by atoms with Crippen LogP contribution >= 0.6 is 23.4 Å². The van der Waals surface area contributed by atoms with E-state index in [2.05, 4.69) is 68.4 Å². The molecule has 5 aromatic rings. The topological polar surface area (TPSA) is 102 Å². The molecule has 1 fully saturated rings. The summed E-state index contributed by atoms with van der Waals surface area (Å²) in [4.78, 5) is 33.0. The number of aryl methyl sites for hydroxylation is 1. The van der Waals surface area contributed by atoms with E-state index < -0.39 is 15.9 Å². The maximum absolute atomic E-state index is 13.4. The summed E-state index contributed by atoms with van der Waals surface area (Å²) in [5.41, 5.74) is 6.34. The molecule has 1 atom stereocenters. The highest BCUT2D eigenvalue weighted by molar-refractivity contribution is 7.99. The molecule has 0 spiro atoms. The molecular weight excluding hydrogens is 762 g/mol. The Balaban J connectivity index is 1.03. The number of halogens is 1. The lowest BCUT2D eigenvalue weighted by Crippen LogP contribution is -2.46. The molecule has 1 heterocycles. The molecule has 0 radical (unpaired) electrons. The van der Waals surface area contributed by atoms with E-state index in [1.807, 2.05) is 49.4 Å². The highest BCUT2D eigenvalue weighted by Gasteiger charge is 2.23. The van der Waals surface area contributed by atoms with E-state index in [9.17, 15) is 18.0 Å². The normalized spacial score (nSPS) is 13.9. The number of carbonyl (C=O) groups excluding carboxylic acids is 2. The summed E-state index contributed by atoms with van der Waals surface area (Å²) in [6.45, 7) is 6.09. The smallest absolute Gasteiger partial charge is 0.264 e. The van der Waals surface area contributed by atoms with Gasteiger partial charge in [-0.05, 0) is 102 Å². The molecule has 1 aliphatic rings. The van der Waals surface area contributed by atoms with Gasteiger partial charge in [0.2, 0.25) is 5.91 Å². The third-order valence-electron chi connectivity index (χ3n) is 9.93. The largest absolute Gasteiger partial charge is 0.381 e. The predicted octanol–water partition coefficient (Wildman–Crippen LogP) is 8.20. The van der Waals surface area contributed by atoms with Crippen molar-refractivity contribution in [3.8, 4) is 11.1 Å². The lowest BCUT2D eigenvalue weighted by molar-refractivity contribution is -0.128. The molecule has 0 bridgehead atoms. The first-order valence-corrected chi connectivity index (χ1v) is 21.5. The van der Waals surface area contributed by atoms with Crippen molar-refractivity contribution in [2.45, 2.75) is 42.1 Å². The maximum atomic E-state index is 13.4. The quantitative estimate of drug-likeness (QED) is 0.102. The van der Waals surface area contributed by atoms with Crippen molar-refractivity contribution < 1.29 is 18.0 Å². The molecule has 1 saturated heterocycles. The van der Waals surface area contributed by atoms with Gasteiger partial charge in [0, 0.05) is 91.9 Å². The Bertz CT molecular complexity index is 2210. The minimum absolute atomic E-state index is 0.00261. The number of thioether (sulfide) groups is 1. The summed E-state index contributed by atoms with van der Waals surface area (Å²) in [5, 5.41) is 4.25. The van der Waals surface area contributed by atoms with Crippen molar-refractivity contribution in [1.82, 2.24) is 14.5 Å². The molecule has 12 heteroatoms. The Labute approximate surface area is 340 Å². The van der Waals surface area contributed by atoms with Gasteiger partial charge in [-0.1, -0.05) is 66.2 Å². The Morgan fingerprint density at radius 1 is 0.839 bits per heavy atom. The molecular formula is C44H48ClN5O4S2. The Morgan fingerprint density at radius 3 is 2.20 bits per heavy atom. The first-order valence-electron chi connectivity index (χ1n) is 18.7. The standard InChI is InChI=1S/C44H48ClN5O4S2/c1-32-29-40(22-23-42(32)46-37(19-24-43(51)48(2)3)31-55-39-10-5-4-6-11-39)56(53,54)47-44(52)34-15-20-38(21-16-34)50-27-25-49(26-28-50)30-35-9-7-8-12-41(35)33-13-17-36(45)18-14-33/h4-18,20-23,29,37,46H,19,24-28,30-31H2,1-3H3,(H,47,52)/t37-/m1/s1. The van der Waals surface area contributed by atoms with Gasteiger partial charge in [0.05, 0.1) is 4.90 Å². The zero-order chi connectivity index (χ0) is 39.7. The average Bonchev–Trinajstić information content (AvgIpc) is 3.20. The molecule has 2 amide bonds. The first kappa shape index (κ1) is 40.8. The van der Waals surface area contributed by atoms with E-state index in [0.717, 1.165) is 65.3 Å². The number of hydrogen-bond donors (Lipinski definition) is 2. The van der Waals surface area contributed by atoms with Crippen LogP contribution in [0, 0.1) is 6.92 Å². The van der Waals surface area contributed by atoms with Crippen LogP contribution in [-0.2, 0) is 21.4 Å². The second-order valence-corrected chi connectivity index (χ2v) is 17.4. The number of carbonyl (C=O) groups is 2. The molecule has 1 aliphatic heterocycles. The Kier molecular flexibility index (Phi) is 13.8. The summed E-state index contributed by atoms with van der Waals surface area (Å²) in [6.07, 6.45) is 0.999. The molecule has 0 saturated carbocycles. The fraction of sp³-hybridized carbons (Fsp3) is 0.273. The van der Waals surface area contributed by atoms with Gasteiger partial charge in [-0.3, -0.25) is 14.5 Å². The SMILES string of the molecule is Cc1cc(S(=O)(=O)NC(=O)c2ccc(N3CCN(Cc4ccccc4-c4ccc(Cl)cc4)CC3)cc2)ccc1N[C@H](CCC(=O)N(C)C)CSc1ccccc1. The van der Waals surface area contributed by atoms with Crippen LogP contribution in [0.4, 0.5) is 11.4 Å². The second-order valence-electron chi connectivity index (χ2n) is 14.2. The van der Waals surface area contributed by atoms with Gasteiger partial charge >= 0.3 is 0 Å². The van der Waals surface area contributed by atoms with Gasteiger partial charge in [-0.2, -0.15) is 0 Å². The number of nitrogens with one attached hydrogen (secondary N) is 2. The monoisotopic (exact) mass is 809 g/mol. The van der Waals surface area contributed by atoms with E-state index >= 15 is 0 Å². The maximum Gasteiger partial charge on any atom is 0.264 e. The van der Waals surface area contributed by atoms with E-state index in [0.29, 0.717) is 18.4 Å². The van der Waals surface area contributed by atoms with E-state index in [-0.39, 0.29) is 22.4 Å². The van der Waals surface area contributed by atoms with Crippen LogP contribution in [0.5, 0.6) is 0 Å². The van der Waals surface area contributed by atoms with Gasteiger partial charge in [0.15, 0.2) is 0 Å². The van der Waals surface area contributed by atoms with Crippen LogP contribution in [0.15, 0.2) is 131 Å². The highest BCUT2D eigenvalue weighted by Crippen LogP contribution is 2.28. The number of piperazine rings is 1. The lowest BCUT2D eigenvalue weighted by Gasteiger charge is -2.36. The average molecular weight is 810 g/mol. The van der Waals surface area contributed by atoms with E-state index in [1.165, 1.54) is 17.2 Å². The van der Waals surface area contributed by atoms with Crippen LogP contribution in [0.25, 0.3) is 11.1 Å². The lowest BCUT2D eigenvalue weighted by atomic mass is 9.99. The zero-order valence-electron chi connectivity index (χ0n) is 32.0. The van der Waals surface area contributed by atoms with Gasteiger partial charge in [-0.25, -0.2) is 13.1 Å². The fourth-order valence-corrected chi connectivity index (χ4v) is 8.83. The van der Waals surface area contributed by atoms with Crippen molar-refractivity contribution in [2.24, 2.45) is 0 Å². The molecule has 2 N–H and O–H groups in total. The van der Waals surface area contributed by atoms with Crippen molar-refractivity contribution in [3.63, 3.8) is 0 Å². The molecule has 56 heavy (non-hydrogen) atoms. The first-order chi connectivity index (χ1) is 26.9. The summed E-state index contributed by atoms with van der Waals surface area (Å²) < 4.78 is 29.0. The summed E-state index contributed by atoms with van der Waals surface area (Å²) >= 11 is 7.82. The Morgan fingerprint density at radius 2 is 1.52 bits per heavy atom. The highest BCUT2D eigenvalue weighted by atomic mass is 35.5. The number of sulfonamides is 1. The molecule has 5 aromatic carbocycles. The van der Waals surface area contributed by atoms with Crippen molar-refractivity contribution in [1.29, 1.82) is 0 Å². The molecule has 0 aliphatic carbocycles. The summed E-state index contributed by atoms with van der Waals surface area (Å²) in [5.74, 6) is 0.0764. The summed E-state index contributed by atoms with van der Waals surface area (Å²) in [7, 11) is -0.650. The number of hydrogen-bond acceptors (Lipinski definition) is 8. The van der Waals surface area contributed by atoms with Crippen LogP contribution in [0.3, 0.4) is 0 Å². The van der Waals surface area contributed by atoms with Gasteiger partial charge in [0.1, 0.15) is 0 Å². The summed E-state index contributed by atoms with van der Waals surface area (Å²) in [6, 6.07) is 38.3. The molecule has 9 nitrogen and oxygen atoms in total. The zero-order valence-corrected chi connectivity index (χ0v) is 34.3. The van der Waals surface area contributed by atoms with Crippen LogP contribution in [0.1, 0.15) is 34.3 Å². The van der Waals surface area contributed by atoms with E-state index in [1.54, 1.807) is 55.0 Å². The van der Waals surface area contributed by atoms with Crippen LogP contribution < -0.4 is 14.9 Å². The van der Waals surface area contributed by atoms with Crippen molar-refractivity contribution in [2.75, 3.05) is 56.2 Å². The molecule has 292 valence electrons. The number of anilines is 2. The van der Waals surface area contributed by atoms with Crippen molar-refractivity contribution in [3.05, 3.63) is 143 Å². The third-order valence-corrected chi connectivity index (χ3v) is 12.7. The predicted molar refractivity (Wildman–Crippen MR) is 229 cm³/mol. The minimum Gasteiger partial charge on any atom is -0.381 e. The van der Waals surface area contributed by atoms with Crippen LogP contribution in [0.2, 0.25) is 5.02 Å². The molecule has 6 rings (SSSR count). The third kappa shape index (κ3) is 10.9. The van der Waals surface area contributed by atoms with E-state index in [4.69, 9.17) is 11.6 Å². The number of nitrogens with zero attached hydrogens (tertiary/aromatic N) is 3. The number of benzene rings is 5.